The Kier molecular flexibility index (Phi) is 7.00. The largest absolute Gasteiger partial charge is 0.465 e. The lowest BCUT2D eigenvalue weighted by Crippen LogP contribution is -2.54. The summed E-state index contributed by atoms with van der Waals surface area (Å²) in [5.41, 5.74) is 0. The summed E-state index contributed by atoms with van der Waals surface area (Å²) in [6.07, 6.45) is 12.1. The third-order valence-corrected chi connectivity index (χ3v) is 8.83. The van der Waals surface area contributed by atoms with Crippen LogP contribution in [0.25, 0.3) is 0 Å². The molecular weight excluding hydrogens is 428 g/mol. The molecule has 5 atom stereocenters. The molecule has 0 aromatic rings. The van der Waals surface area contributed by atoms with E-state index in [-0.39, 0.29) is 35.7 Å². The summed E-state index contributed by atoms with van der Waals surface area (Å²) in [7, 11) is 0. The SMILES string of the molecule is CC(C)N1CC=C[C@]23S[C@H]4C=CCCOC(=O)[C@H]4[C@H]2C(=O)N(CCCCCCO)C3C1=O. The molecule has 1 unspecified atom stereocenters. The summed E-state index contributed by atoms with van der Waals surface area (Å²) >= 11 is 1.59. The number of esters is 1. The number of thioether (sulfide) groups is 1. The van der Waals surface area contributed by atoms with Crippen LogP contribution in [0.3, 0.4) is 0 Å². The van der Waals surface area contributed by atoms with E-state index in [0.29, 0.717) is 26.1 Å². The molecule has 2 amide bonds. The number of likely N-dealkylation sites (tertiary alicyclic amines) is 1. The van der Waals surface area contributed by atoms with Crippen LogP contribution < -0.4 is 0 Å². The van der Waals surface area contributed by atoms with E-state index in [9.17, 15) is 14.4 Å². The van der Waals surface area contributed by atoms with Gasteiger partial charge in [-0.1, -0.05) is 37.1 Å². The molecule has 7 nitrogen and oxygen atoms in total. The highest BCUT2D eigenvalue weighted by Gasteiger charge is 2.70. The lowest BCUT2D eigenvalue weighted by molar-refractivity contribution is -0.153. The number of amides is 2. The first-order valence-corrected chi connectivity index (χ1v) is 12.7. The molecular formula is C24H34N2O5S. The number of aliphatic hydroxyl groups excluding tert-OH is 1. The Morgan fingerprint density at radius 3 is 2.69 bits per heavy atom. The van der Waals surface area contributed by atoms with Gasteiger partial charge in [-0.05, 0) is 33.1 Å². The standard InChI is InChI=1S/C24H34N2O5S/c1-16(2)25-13-9-11-24-19(18-17(32-24)10-5-8-15-31-23(18)30)21(28)26(20(24)22(25)29)12-6-3-4-7-14-27/h5,9-11,16-20,27H,3-4,6-8,12-15H2,1-2H3/t17-,18+,19-,20?,24-/m0/s1. The van der Waals surface area contributed by atoms with Crippen LogP contribution in [0.5, 0.6) is 0 Å². The molecule has 1 N–H and O–H groups in total. The fourth-order valence-electron chi connectivity index (χ4n) is 5.58. The molecule has 0 aromatic heterocycles. The highest BCUT2D eigenvalue weighted by atomic mass is 32.2. The van der Waals surface area contributed by atoms with E-state index in [4.69, 9.17) is 9.84 Å². The van der Waals surface area contributed by atoms with Crippen LogP contribution in [0.1, 0.15) is 46.0 Å². The van der Waals surface area contributed by atoms with Crippen LogP contribution >= 0.6 is 11.8 Å². The van der Waals surface area contributed by atoms with Gasteiger partial charge in [0.2, 0.25) is 11.8 Å². The Bertz CT molecular complexity index is 812. The number of carbonyl (C=O) groups excluding carboxylic acids is 3. The maximum Gasteiger partial charge on any atom is 0.311 e. The van der Waals surface area contributed by atoms with Gasteiger partial charge in [-0.15, -0.1) is 11.8 Å². The van der Waals surface area contributed by atoms with Gasteiger partial charge in [0, 0.05) is 31.0 Å². The summed E-state index contributed by atoms with van der Waals surface area (Å²) in [6.45, 7) is 5.47. The maximum absolute atomic E-state index is 13.8. The predicted molar refractivity (Wildman–Crippen MR) is 123 cm³/mol. The first-order valence-electron chi connectivity index (χ1n) is 11.8. The second kappa shape index (κ2) is 9.59. The molecule has 0 saturated carbocycles. The number of rotatable bonds is 7. The fourth-order valence-corrected chi connectivity index (χ4v) is 7.58. The average molecular weight is 463 g/mol. The third-order valence-electron chi connectivity index (χ3n) is 7.08. The van der Waals surface area contributed by atoms with Crippen LogP contribution in [0, 0.1) is 11.8 Å². The van der Waals surface area contributed by atoms with Gasteiger partial charge in [0.15, 0.2) is 0 Å². The van der Waals surface area contributed by atoms with Gasteiger partial charge in [0.05, 0.1) is 23.2 Å². The molecule has 0 aromatic carbocycles. The van der Waals surface area contributed by atoms with Crippen molar-refractivity contribution in [2.45, 2.75) is 68.0 Å². The zero-order chi connectivity index (χ0) is 22.9. The van der Waals surface area contributed by atoms with Crippen molar-refractivity contribution in [3.63, 3.8) is 0 Å². The highest BCUT2D eigenvalue weighted by molar-refractivity contribution is 8.02. The third kappa shape index (κ3) is 3.89. The van der Waals surface area contributed by atoms with Crippen LogP contribution in [0.2, 0.25) is 0 Å². The van der Waals surface area contributed by atoms with Crippen molar-refractivity contribution in [1.82, 2.24) is 9.80 Å². The molecule has 2 fully saturated rings. The molecule has 4 aliphatic rings. The van der Waals surface area contributed by atoms with Crippen molar-refractivity contribution in [2.75, 3.05) is 26.3 Å². The summed E-state index contributed by atoms with van der Waals surface area (Å²) in [5.74, 6) is -1.63. The molecule has 2 saturated heterocycles. The number of fused-ring (bicyclic) bond motifs is 2. The van der Waals surface area contributed by atoms with Crippen molar-refractivity contribution in [3.8, 4) is 0 Å². The van der Waals surface area contributed by atoms with Crippen LogP contribution in [0.4, 0.5) is 0 Å². The molecule has 4 aliphatic heterocycles. The lowest BCUT2D eigenvalue weighted by atomic mass is 9.78. The summed E-state index contributed by atoms with van der Waals surface area (Å²) < 4.78 is 4.73. The minimum absolute atomic E-state index is 0.0211. The van der Waals surface area contributed by atoms with E-state index >= 15 is 0 Å². The molecule has 0 aliphatic carbocycles. The van der Waals surface area contributed by atoms with Gasteiger partial charge < -0.3 is 19.6 Å². The number of carbonyl (C=O) groups is 3. The first-order chi connectivity index (χ1) is 15.4. The van der Waals surface area contributed by atoms with Gasteiger partial charge >= 0.3 is 5.97 Å². The number of aliphatic hydroxyl groups is 1. The smallest absolute Gasteiger partial charge is 0.311 e. The Morgan fingerprint density at radius 1 is 1.16 bits per heavy atom. The molecule has 8 heteroatoms. The van der Waals surface area contributed by atoms with Crippen LogP contribution in [0.15, 0.2) is 24.3 Å². The summed E-state index contributed by atoms with van der Waals surface area (Å²) in [5, 5.41) is 8.86. The van der Waals surface area contributed by atoms with E-state index in [0.717, 1.165) is 25.7 Å². The molecule has 0 bridgehead atoms. The zero-order valence-corrected chi connectivity index (χ0v) is 19.8. The maximum atomic E-state index is 13.8. The highest BCUT2D eigenvalue weighted by Crippen LogP contribution is 2.60. The minimum Gasteiger partial charge on any atom is -0.465 e. The van der Waals surface area contributed by atoms with Gasteiger partial charge in [-0.2, -0.15) is 0 Å². The summed E-state index contributed by atoms with van der Waals surface area (Å²) in [4.78, 5) is 44.3. The minimum atomic E-state index is -0.758. The van der Waals surface area contributed by atoms with Crippen LogP contribution in [-0.4, -0.2) is 81.1 Å². The lowest BCUT2D eigenvalue weighted by Gasteiger charge is -2.36. The normalized spacial score (nSPS) is 34.2. The van der Waals surface area contributed by atoms with Crippen LogP contribution in [-0.2, 0) is 19.1 Å². The van der Waals surface area contributed by atoms with Crippen molar-refractivity contribution in [1.29, 1.82) is 0 Å². The van der Waals surface area contributed by atoms with E-state index in [1.807, 2.05) is 43.1 Å². The molecule has 4 heterocycles. The van der Waals surface area contributed by atoms with Crippen molar-refractivity contribution >= 4 is 29.5 Å². The molecule has 32 heavy (non-hydrogen) atoms. The Labute approximate surface area is 194 Å². The Hall–Kier alpha value is -1.80. The molecule has 0 radical (unpaired) electrons. The van der Waals surface area contributed by atoms with Gasteiger partial charge in [-0.25, -0.2) is 0 Å². The predicted octanol–water partition coefficient (Wildman–Crippen LogP) is 2.15. The van der Waals surface area contributed by atoms with Gasteiger partial charge in [0.25, 0.3) is 0 Å². The van der Waals surface area contributed by atoms with Gasteiger partial charge in [0.1, 0.15) is 6.04 Å². The number of hydrogen-bond donors (Lipinski definition) is 1. The summed E-state index contributed by atoms with van der Waals surface area (Å²) in [6, 6.07) is -0.591. The van der Waals surface area contributed by atoms with E-state index in [1.54, 1.807) is 16.7 Å². The van der Waals surface area contributed by atoms with Crippen molar-refractivity contribution in [3.05, 3.63) is 24.3 Å². The quantitative estimate of drug-likeness (QED) is 0.354. The molecule has 1 spiro atoms. The van der Waals surface area contributed by atoms with E-state index in [2.05, 4.69) is 0 Å². The topological polar surface area (TPSA) is 87.2 Å². The monoisotopic (exact) mass is 462 g/mol. The number of hydrogen-bond acceptors (Lipinski definition) is 6. The van der Waals surface area contributed by atoms with E-state index < -0.39 is 22.6 Å². The molecule has 4 rings (SSSR count). The number of unbranched alkanes of at least 4 members (excludes halogenated alkanes) is 3. The second-order valence-electron chi connectivity index (χ2n) is 9.38. The first kappa shape index (κ1) is 23.4. The second-order valence-corrected chi connectivity index (χ2v) is 10.9. The molecule has 176 valence electrons. The number of nitrogens with zero attached hydrogens (tertiary/aromatic N) is 2. The van der Waals surface area contributed by atoms with Crippen molar-refractivity contribution < 1.29 is 24.2 Å². The fraction of sp³-hybridized carbons (Fsp3) is 0.708. The zero-order valence-electron chi connectivity index (χ0n) is 18.9. The Morgan fingerprint density at radius 2 is 1.94 bits per heavy atom. The average Bonchev–Trinajstić information content (AvgIpc) is 3.11. The van der Waals surface area contributed by atoms with Gasteiger partial charge in [-0.3, -0.25) is 14.4 Å². The number of cyclic esters (lactones) is 1. The van der Waals surface area contributed by atoms with E-state index in [1.165, 1.54) is 0 Å². The Balaban J connectivity index is 1.71. The van der Waals surface area contributed by atoms with Crippen molar-refractivity contribution in [2.24, 2.45) is 11.8 Å². The number of ether oxygens (including phenoxy) is 1.